The molecule has 0 atom stereocenters. The van der Waals surface area contributed by atoms with Crippen molar-refractivity contribution in [2.24, 2.45) is 0 Å². The molecule has 0 radical (unpaired) electrons. The molecule has 16 heavy (non-hydrogen) atoms. The van der Waals surface area contributed by atoms with Gasteiger partial charge in [0.05, 0.1) is 12.4 Å². The summed E-state index contributed by atoms with van der Waals surface area (Å²) in [5, 5.41) is 0. The molecule has 96 valence electrons. The predicted molar refractivity (Wildman–Crippen MR) is 62.8 cm³/mol. The van der Waals surface area contributed by atoms with Gasteiger partial charge in [0, 0.05) is 5.57 Å². The second-order valence-electron chi connectivity index (χ2n) is 3.20. The highest BCUT2D eigenvalue weighted by Gasteiger charge is 1.99. The van der Waals surface area contributed by atoms with E-state index in [-0.39, 0.29) is 11.7 Å². The van der Waals surface area contributed by atoms with Crippen molar-refractivity contribution in [3.8, 4) is 0 Å². The molecule has 0 unspecified atom stereocenters. The van der Waals surface area contributed by atoms with Gasteiger partial charge in [-0.1, -0.05) is 20.4 Å². The first-order valence-electron chi connectivity index (χ1n) is 5.02. The Morgan fingerprint density at radius 3 is 2.00 bits per heavy atom. The average Bonchev–Trinajstić information content (AvgIpc) is 2.13. The molecule has 5 nitrogen and oxygen atoms in total. The van der Waals surface area contributed by atoms with E-state index in [1.165, 1.54) is 0 Å². The Balaban J connectivity index is 0. The lowest BCUT2D eigenvalue weighted by atomic mass is 10.4. The van der Waals surface area contributed by atoms with Crippen LogP contribution in [0.5, 0.6) is 0 Å². The summed E-state index contributed by atoms with van der Waals surface area (Å²) >= 11 is 0. The van der Waals surface area contributed by atoms with Gasteiger partial charge >= 0.3 is 5.97 Å². The van der Waals surface area contributed by atoms with Crippen LogP contribution in [0.2, 0.25) is 0 Å². The number of carbonyl (C=O) groups excluding carboxylic acids is 1. The van der Waals surface area contributed by atoms with Gasteiger partial charge in [0.2, 0.25) is 0 Å². The van der Waals surface area contributed by atoms with Crippen LogP contribution in [0.4, 0.5) is 0 Å². The molecule has 0 aliphatic heterocycles. The molecule has 0 amide bonds. The maximum absolute atomic E-state index is 10.6. The van der Waals surface area contributed by atoms with Gasteiger partial charge < -0.3 is 4.74 Å². The Hall–Kier alpha value is -0.880. The molecule has 0 saturated carbocycles. The molecule has 0 aliphatic rings. The quantitative estimate of drug-likeness (QED) is 0.458. The predicted octanol–water partition coefficient (Wildman–Crippen LogP) is 1.80. The van der Waals surface area contributed by atoms with Gasteiger partial charge in [-0.3, -0.25) is 4.55 Å². The van der Waals surface area contributed by atoms with Crippen molar-refractivity contribution in [1.29, 1.82) is 0 Å². The van der Waals surface area contributed by atoms with Crippen molar-refractivity contribution in [3.63, 3.8) is 0 Å². The third-order valence-electron chi connectivity index (χ3n) is 1.25. The molecule has 0 heterocycles. The maximum Gasteiger partial charge on any atom is 0.333 e. The fourth-order valence-electron chi connectivity index (χ4n) is 0.576. The Morgan fingerprint density at radius 1 is 1.31 bits per heavy atom. The summed E-state index contributed by atoms with van der Waals surface area (Å²) in [6, 6.07) is 0. The lowest BCUT2D eigenvalue weighted by molar-refractivity contribution is -0.138. The third kappa shape index (κ3) is 15.6. The van der Waals surface area contributed by atoms with E-state index in [1.54, 1.807) is 13.8 Å². The highest BCUT2D eigenvalue weighted by Crippen LogP contribution is 1.91. The Morgan fingerprint density at radius 2 is 1.81 bits per heavy atom. The summed E-state index contributed by atoms with van der Waals surface area (Å²) in [7, 11) is -3.67. The van der Waals surface area contributed by atoms with Gasteiger partial charge in [-0.05, 0) is 19.8 Å². The molecule has 6 heteroatoms. The summed E-state index contributed by atoms with van der Waals surface area (Å²) in [6.07, 6.45) is 1.33. The van der Waals surface area contributed by atoms with Crippen molar-refractivity contribution in [3.05, 3.63) is 12.2 Å². The lowest BCUT2D eigenvalue weighted by Gasteiger charge is -1.99. The van der Waals surface area contributed by atoms with Crippen molar-refractivity contribution in [2.75, 3.05) is 12.4 Å². The molecule has 0 aliphatic carbocycles. The molecule has 0 rings (SSSR count). The molecule has 0 saturated heterocycles. The smallest absolute Gasteiger partial charge is 0.333 e. The van der Waals surface area contributed by atoms with Crippen LogP contribution >= 0.6 is 0 Å². The van der Waals surface area contributed by atoms with Gasteiger partial charge in [0.1, 0.15) is 0 Å². The van der Waals surface area contributed by atoms with E-state index >= 15 is 0 Å². The molecular weight excluding hydrogens is 232 g/mol. The molecule has 0 bridgehead atoms. The molecular formula is C10H20O5S. The first-order valence-corrected chi connectivity index (χ1v) is 6.63. The first-order chi connectivity index (χ1) is 7.24. The second kappa shape index (κ2) is 9.35. The van der Waals surface area contributed by atoms with Crippen LogP contribution in [0, 0.1) is 0 Å². The summed E-state index contributed by atoms with van der Waals surface area (Å²) < 4.78 is 32.3. The SMILES string of the molecule is C=C(C)C(=O)OCCC.CCCS(=O)(=O)O. The number of hydrogen-bond donors (Lipinski definition) is 1. The first kappa shape index (κ1) is 17.5. The highest BCUT2D eigenvalue weighted by atomic mass is 32.2. The Labute approximate surface area is 97.2 Å². The van der Waals surface area contributed by atoms with E-state index in [4.69, 9.17) is 9.29 Å². The fourth-order valence-corrected chi connectivity index (χ4v) is 1.09. The average molecular weight is 252 g/mol. The summed E-state index contributed by atoms with van der Waals surface area (Å²) in [5.41, 5.74) is 0.462. The van der Waals surface area contributed by atoms with Crippen LogP contribution in [0.1, 0.15) is 33.6 Å². The van der Waals surface area contributed by atoms with Crippen LogP contribution in [-0.2, 0) is 19.6 Å². The number of rotatable bonds is 5. The highest BCUT2D eigenvalue weighted by molar-refractivity contribution is 7.85. The summed E-state index contributed by atoms with van der Waals surface area (Å²) in [4.78, 5) is 10.6. The topological polar surface area (TPSA) is 80.7 Å². The van der Waals surface area contributed by atoms with E-state index < -0.39 is 10.1 Å². The number of carbonyl (C=O) groups is 1. The van der Waals surface area contributed by atoms with Gasteiger partial charge in [-0.15, -0.1) is 0 Å². The second-order valence-corrected chi connectivity index (χ2v) is 4.77. The monoisotopic (exact) mass is 252 g/mol. The van der Waals surface area contributed by atoms with E-state index in [0.29, 0.717) is 18.6 Å². The Kier molecular flexibility index (Phi) is 10.2. The molecule has 1 N–H and O–H groups in total. The van der Waals surface area contributed by atoms with E-state index in [2.05, 4.69) is 6.58 Å². The number of hydrogen-bond acceptors (Lipinski definition) is 4. The Bertz CT molecular complexity index is 305. The molecule has 0 aromatic heterocycles. The molecule has 0 fully saturated rings. The van der Waals surface area contributed by atoms with Crippen LogP contribution < -0.4 is 0 Å². The number of esters is 1. The zero-order valence-electron chi connectivity index (χ0n) is 10.0. The zero-order valence-corrected chi connectivity index (χ0v) is 10.8. The standard InChI is InChI=1S/C7H12O2.C3H8O3S/c1-4-5-9-7(8)6(2)3;1-2-3-7(4,5)6/h2,4-5H2,1,3H3;2-3H2,1H3,(H,4,5,6). The van der Waals surface area contributed by atoms with E-state index in [0.717, 1.165) is 6.42 Å². The van der Waals surface area contributed by atoms with Gasteiger partial charge in [0.15, 0.2) is 0 Å². The molecule has 0 aromatic carbocycles. The third-order valence-corrected chi connectivity index (χ3v) is 2.17. The largest absolute Gasteiger partial charge is 0.462 e. The van der Waals surface area contributed by atoms with Crippen LogP contribution in [0.3, 0.4) is 0 Å². The van der Waals surface area contributed by atoms with E-state index in [9.17, 15) is 13.2 Å². The van der Waals surface area contributed by atoms with Crippen molar-refractivity contribution < 1.29 is 22.5 Å². The van der Waals surface area contributed by atoms with Crippen LogP contribution in [0.25, 0.3) is 0 Å². The van der Waals surface area contributed by atoms with Crippen LogP contribution in [-0.4, -0.2) is 31.3 Å². The number of ether oxygens (including phenoxy) is 1. The van der Waals surface area contributed by atoms with Crippen molar-refractivity contribution >= 4 is 16.1 Å². The van der Waals surface area contributed by atoms with Crippen molar-refractivity contribution in [2.45, 2.75) is 33.6 Å². The van der Waals surface area contributed by atoms with Crippen molar-refractivity contribution in [1.82, 2.24) is 0 Å². The zero-order chi connectivity index (χ0) is 13.2. The minimum absolute atomic E-state index is 0.132. The van der Waals surface area contributed by atoms with Crippen LogP contribution in [0.15, 0.2) is 12.2 Å². The van der Waals surface area contributed by atoms with Gasteiger partial charge in [0.25, 0.3) is 10.1 Å². The fraction of sp³-hybridized carbons (Fsp3) is 0.700. The van der Waals surface area contributed by atoms with E-state index in [1.807, 2.05) is 6.92 Å². The minimum atomic E-state index is -3.67. The summed E-state index contributed by atoms with van der Waals surface area (Å²) in [5.74, 6) is -0.427. The van der Waals surface area contributed by atoms with Gasteiger partial charge in [-0.25, -0.2) is 4.79 Å². The lowest BCUT2D eigenvalue weighted by Crippen LogP contribution is -2.04. The van der Waals surface area contributed by atoms with Gasteiger partial charge in [-0.2, -0.15) is 8.42 Å². The molecule has 0 aromatic rings. The normalized spacial score (nSPS) is 10.0. The minimum Gasteiger partial charge on any atom is -0.462 e. The summed E-state index contributed by atoms with van der Waals surface area (Å²) in [6.45, 7) is 9.20. The maximum atomic E-state index is 10.6. The molecule has 0 spiro atoms.